The Morgan fingerprint density at radius 1 is 1.50 bits per heavy atom. The smallest absolute Gasteiger partial charge is 0.152 e. The maximum absolute atomic E-state index is 11.6. The molecule has 1 unspecified atom stereocenters. The van der Waals surface area contributed by atoms with E-state index in [1.165, 1.54) is 5.56 Å². The topological polar surface area (TPSA) is 62.3 Å². The zero-order chi connectivity index (χ0) is 14.6. The monoisotopic (exact) mass is 297 g/mol. The van der Waals surface area contributed by atoms with Gasteiger partial charge in [0.25, 0.3) is 0 Å². The van der Waals surface area contributed by atoms with Crippen molar-refractivity contribution in [3.05, 3.63) is 23.9 Å². The van der Waals surface area contributed by atoms with E-state index in [-0.39, 0.29) is 11.8 Å². The van der Waals surface area contributed by atoms with Crippen LogP contribution >= 0.6 is 0 Å². The highest BCUT2D eigenvalue weighted by molar-refractivity contribution is 7.91. The van der Waals surface area contributed by atoms with Gasteiger partial charge >= 0.3 is 0 Å². The number of anilines is 1. The molecule has 0 bridgehead atoms. The number of hydrogen-bond donors (Lipinski definition) is 1. The second kappa shape index (κ2) is 6.54. The Morgan fingerprint density at radius 2 is 2.30 bits per heavy atom. The summed E-state index contributed by atoms with van der Waals surface area (Å²) in [6.07, 6.45) is 3.59. The molecule has 0 amide bonds. The Morgan fingerprint density at radius 3 is 2.95 bits per heavy atom. The van der Waals surface area contributed by atoms with Crippen LogP contribution in [0.5, 0.6) is 0 Å². The van der Waals surface area contributed by atoms with Crippen LogP contribution in [0.25, 0.3) is 0 Å². The molecule has 0 radical (unpaired) electrons. The third kappa shape index (κ3) is 3.93. The van der Waals surface area contributed by atoms with E-state index in [9.17, 15) is 8.42 Å². The second-order valence-electron chi connectivity index (χ2n) is 5.37. The van der Waals surface area contributed by atoms with Crippen molar-refractivity contribution < 1.29 is 8.42 Å². The molecule has 0 saturated carbocycles. The van der Waals surface area contributed by atoms with Gasteiger partial charge in [-0.25, -0.2) is 13.4 Å². The molecule has 0 aromatic carbocycles. The summed E-state index contributed by atoms with van der Waals surface area (Å²) in [5.41, 5.74) is 1.18. The fourth-order valence-corrected chi connectivity index (χ4v) is 4.22. The van der Waals surface area contributed by atoms with Crippen molar-refractivity contribution in [2.45, 2.75) is 32.4 Å². The standard InChI is InChI=1S/C14H23N3O2S/c1-3-6-15-10-12-4-7-16-14(9-12)17(2)13-5-8-20(18,19)11-13/h4,7,9,13,15H,3,5-6,8,10-11H2,1-2H3. The Kier molecular flexibility index (Phi) is 4.99. The zero-order valence-electron chi connectivity index (χ0n) is 12.2. The van der Waals surface area contributed by atoms with E-state index in [1.807, 2.05) is 24.1 Å². The highest BCUT2D eigenvalue weighted by Crippen LogP contribution is 2.21. The Labute approximate surface area is 121 Å². The molecule has 2 heterocycles. The SMILES string of the molecule is CCCNCc1ccnc(N(C)C2CCS(=O)(=O)C2)c1. The van der Waals surface area contributed by atoms with Crippen LogP contribution in [0.3, 0.4) is 0 Å². The molecule has 0 aliphatic carbocycles. The van der Waals surface area contributed by atoms with Crippen LogP contribution in [0.2, 0.25) is 0 Å². The first-order valence-corrected chi connectivity index (χ1v) is 8.93. The third-order valence-corrected chi connectivity index (χ3v) is 5.43. The quantitative estimate of drug-likeness (QED) is 0.800. The van der Waals surface area contributed by atoms with Crippen molar-refractivity contribution in [3.8, 4) is 0 Å². The number of pyridine rings is 1. The predicted octanol–water partition coefficient (Wildman–Crippen LogP) is 1.20. The normalized spacial score (nSPS) is 21.0. The van der Waals surface area contributed by atoms with Gasteiger partial charge in [-0.05, 0) is 37.1 Å². The first-order chi connectivity index (χ1) is 9.52. The molecule has 1 aromatic heterocycles. The summed E-state index contributed by atoms with van der Waals surface area (Å²) in [6, 6.07) is 4.07. The number of hydrogen-bond acceptors (Lipinski definition) is 5. The van der Waals surface area contributed by atoms with Gasteiger partial charge in [-0.2, -0.15) is 0 Å². The summed E-state index contributed by atoms with van der Waals surface area (Å²) in [5.74, 6) is 1.38. The summed E-state index contributed by atoms with van der Waals surface area (Å²) in [7, 11) is -0.930. The van der Waals surface area contributed by atoms with Crippen LogP contribution in [0.4, 0.5) is 5.82 Å². The van der Waals surface area contributed by atoms with Gasteiger partial charge in [0.2, 0.25) is 0 Å². The van der Waals surface area contributed by atoms with E-state index in [0.29, 0.717) is 12.2 Å². The van der Waals surface area contributed by atoms with Crippen molar-refractivity contribution in [3.63, 3.8) is 0 Å². The van der Waals surface area contributed by atoms with Crippen LogP contribution in [-0.2, 0) is 16.4 Å². The van der Waals surface area contributed by atoms with Gasteiger partial charge in [-0.1, -0.05) is 6.92 Å². The average molecular weight is 297 g/mol. The molecule has 1 aromatic rings. The number of sulfone groups is 1. The molecule has 1 fully saturated rings. The van der Waals surface area contributed by atoms with E-state index in [4.69, 9.17) is 0 Å². The number of rotatable bonds is 6. The summed E-state index contributed by atoms with van der Waals surface area (Å²) in [4.78, 5) is 6.36. The summed E-state index contributed by atoms with van der Waals surface area (Å²) in [6.45, 7) is 3.95. The minimum Gasteiger partial charge on any atom is -0.356 e. The molecule has 1 atom stereocenters. The van der Waals surface area contributed by atoms with Gasteiger partial charge in [0.1, 0.15) is 5.82 Å². The molecule has 2 rings (SSSR count). The lowest BCUT2D eigenvalue weighted by molar-refractivity contribution is 0.600. The summed E-state index contributed by atoms with van der Waals surface area (Å²) < 4.78 is 23.1. The summed E-state index contributed by atoms with van der Waals surface area (Å²) in [5, 5.41) is 3.36. The molecule has 1 saturated heterocycles. The van der Waals surface area contributed by atoms with E-state index in [2.05, 4.69) is 17.2 Å². The highest BCUT2D eigenvalue weighted by atomic mass is 32.2. The van der Waals surface area contributed by atoms with Crippen molar-refractivity contribution in [1.29, 1.82) is 0 Å². The molecule has 5 nitrogen and oxygen atoms in total. The first kappa shape index (κ1) is 15.3. The van der Waals surface area contributed by atoms with Crippen molar-refractivity contribution in [1.82, 2.24) is 10.3 Å². The largest absolute Gasteiger partial charge is 0.356 e. The van der Waals surface area contributed by atoms with Crippen molar-refractivity contribution >= 4 is 15.7 Å². The predicted molar refractivity (Wildman–Crippen MR) is 81.7 cm³/mol. The van der Waals surface area contributed by atoms with Crippen LogP contribution in [-0.4, -0.2) is 44.5 Å². The van der Waals surface area contributed by atoms with Crippen LogP contribution in [0, 0.1) is 0 Å². The lowest BCUT2D eigenvalue weighted by Gasteiger charge is -2.24. The van der Waals surface area contributed by atoms with Gasteiger partial charge in [-0.15, -0.1) is 0 Å². The van der Waals surface area contributed by atoms with E-state index < -0.39 is 9.84 Å². The minimum absolute atomic E-state index is 0.0475. The van der Waals surface area contributed by atoms with Crippen LogP contribution in [0.15, 0.2) is 18.3 Å². The Hall–Kier alpha value is -1.14. The first-order valence-electron chi connectivity index (χ1n) is 7.11. The third-order valence-electron chi connectivity index (χ3n) is 3.68. The Bertz CT molecular complexity index is 545. The van der Waals surface area contributed by atoms with E-state index in [0.717, 1.165) is 25.3 Å². The zero-order valence-corrected chi connectivity index (χ0v) is 13.0. The molecule has 0 spiro atoms. The molecule has 1 N–H and O–H groups in total. The van der Waals surface area contributed by atoms with Crippen molar-refractivity contribution in [2.24, 2.45) is 0 Å². The van der Waals surface area contributed by atoms with Gasteiger partial charge in [-0.3, -0.25) is 0 Å². The van der Waals surface area contributed by atoms with E-state index >= 15 is 0 Å². The van der Waals surface area contributed by atoms with Gasteiger partial charge in [0.05, 0.1) is 11.5 Å². The number of nitrogens with one attached hydrogen (secondary N) is 1. The number of nitrogens with zero attached hydrogens (tertiary/aromatic N) is 2. The summed E-state index contributed by atoms with van der Waals surface area (Å²) >= 11 is 0. The van der Waals surface area contributed by atoms with Gasteiger partial charge < -0.3 is 10.2 Å². The molecular formula is C14H23N3O2S. The second-order valence-corrected chi connectivity index (χ2v) is 7.60. The minimum atomic E-state index is -2.86. The molecule has 1 aliphatic rings. The average Bonchev–Trinajstić information content (AvgIpc) is 2.79. The Balaban J connectivity index is 2.03. The molecule has 20 heavy (non-hydrogen) atoms. The van der Waals surface area contributed by atoms with Gasteiger partial charge in [0, 0.05) is 25.8 Å². The maximum atomic E-state index is 11.6. The molecular weight excluding hydrogens is 274 g/mol. The van der Waals surface area contributed by atoms with Crippen molar-refractivity contribution in [2.75, 3.05) is 30.0 Å². The molecule has 6 heteroatoms. The lowest BCUT2D eigenvalue weighted by Crippen LogP contribution is -2.33. The fourth-order valence-electron chi connectivity index (χ4n) is 2.44. The molecule has 1 aliphatic heterocycles. The highest BCUT2D eigenvalue weighted by Gasteiger charge is 2.31. The number of aromatic nitrogens is 1. The van der Waals surface area contributed by atoms with Gasteiger partial charge in [0.15, 0.2) is 9.84 Å². The fraction of sp³-hybridized carbons (Fsp3) is 0.643. The lowest BCUT2D eigenvalue weighted by atomic mass is 10.2. The molecule has 112 valence electrons. The van der Waals surface area contributed by atoms with Crippen LogP contribution < -0.4 is 10.2 Å². The van der Waals surface area contributed by atoms with E-state index in [1.54, 1.807) is 6.20 Å². The maximum Gasteiger partial charge on any atom is 0.152 e. The van der Waals surface area contributed by atoms with Crippen LogP contribution in [0.1, 0.15) is 25.3 Å².